The predicted molar refractivity (Wildman–Crippen MR) is 112 cm³/mol. The minimum absolute atomic E-state index is 0.249. The quantitative estimate of drug-likeness (QED) is 0.354. The van der Waals surface area contributed by atoms with Crippen molar-refractivity contribution in [3.63, 3.8) is 0 Å². The van der Waals surface area contributed by atoms with E-state index in [0.717, 1.165) is 5.56 Å². The number of hydrogen-bond donors (Lipinski definition) is 2. The van der Waals surface area contributed by atoms with E-state index in [1.54, 1.807) is 21.0 Å². The van der Waals surface area contributed by atoms with Gasteiger partial charge < -0.3 is 10.6 Å². The van der Waals surface area contributed by atoms with E-state index < -0.39 is 28.7 Å². The van der Waals surface area contributed by atoms with Crippen molar-refractivity contribution >= 4 is 18.2 Å². The van der Waals surface area contributed by atoms with Gasteiger partial charge in [0.15, 0.2) is 0 Å². The predicted octanol–water partition coefficient (Wildman–Crippen LogP) is 2.47. The third-order valence-corrected chi connectivity index (χ3v) is 5.68. The van der Waals surface area contributed by atoms with Crippen LogP contribution >= 0.6 is 0 Å². The molecule has 0 aliphatic carbocycles. The van der Waals surface area contributed by atoms with Gasteiger partial charge in [-0.05, 0) is 37.2 Å². The number of primary amides is 1. The van der Waals surface area contributed by atoms with E-state index in [4.69, 9.17) is 5.73 Å². The van der Waals surface area contributed by atoms with Crippen LogP contribution in [0.4, 0.5) is 0 Å². The Labute approximate surface area is 173 Å². The van der Waals surface area contributed by atoms with Crippen molar-refractivity contribution < 1.29 is 19.6 Å². The maximum atomic E-state index is 13.2. The number of hydroxylamine groups is 2. The van der Waals surface area contributed by atoms with Gasteiger partial charge in [0, 0.05) is 14.1 Å². The third kappa shape index (κ3) is 5.56. The van der Waals surface area contributed by atoms with Gasteiger partial charge in [0.1, 0.15) is 0 Å². The highest BCUT2D eigenvalue weighted by Crippen LogP contribution is 2.48. The zero-order valence-electron chi connectivity index (χ0n) is 18.4. The SMILES string of the molecule is C[C@@H](N(O)C=O)C(CCCc1ccccc1)(C(N)=O)[C@@H](C(=O)N(C)C)C(C)(C)C. The van der Waals surface area contributed by atoms with Crippen LogP contribution in [0.1, 0.15) is 46.1 Å². The lowest BCUT2D eigenvalue weighted by Crippen LogP contribution is -2.62. The van der Waals surface area contributed by atoms with Gasteiger partial charge in [0.25, 0.3) is 0 Å². The summed E-state index contributed by atoms with van der Waals surface area (Å²) in [5.74, 6) is -1.79. The van der Waals surface area contributed by atoms with Crippen molar-refractivity contribution in [2.75, 3.05) is 14.1 Å². The first-order valence-electron chi connectivity index (χ1n) is 9.87. The summed E-state index contributed by atoms with van der Waals surface area (Å²) >= 11 is 0. The van der Waals surface area contributed by atoms with E-state index >= 15 is 0 Å². The summed E-state index contributed by atoms with van der Waals surface area (Å²) in [6, 6.07) is 8.82. The first-order chi connectivity index (χ1) is 13.4. The second kappa shape index (κ2) is 9.87. The summed E-state index contributed by atoms with van der Waals surface area (Å²) < 4.78 is 0. The number of hydrogen-bond acceptors (Lipinski definition) is 4. The maximum Gasteiger partial charge on any atom is 0.233 e. The molecular formula is C22H35N3O4. The minimum Gasteiger partial charge on any atom is -0.369 e. The molecule has 0 aliphatic rings. The van der Waals surface area contributed by atoms with E-state index in [9.17, 15) is 19.6 Å². The Kier molecular flexibility index (Phi) is 8.38. The number of nitrogens with zero attached hydrogens (tertiary/aromatic N) is 2. The highest BCUT2D eigenvalue weighted by molar-refractivity contribution is 5.91. The third-order valence-electron chi connectivity index (χ3n) is 5.68. The van der Waals surface area contributed by atoms with Crippen LogP contribution in [0.3, 0.4) is 0 Å². The average Bonchev–Trinajstić information content (AvgIpc) is 2.65. The lowest BCUT2D eigenvalue weighted by molar-refractivity contribution is -0.188. The largest absolute Gasteiger partial charge is 0.369 e. The fourth-order valence-corrected chi connectivity index (χ4v) is 4.24. The van der Waals surface area contributed by atoms with Crippen LogP contribution in [0, 0.1) is 16.7 Å². The molecule has 0 aromatic heterocycles. The van der Waals surface area contributed by atoms with E-state index in [1.165, 1.54) is 4.90 Å². The molecule has 1 aromatic rings. The van der Waals surface area contributed by atoms with Gasteiger partial charge in [-0.1, -0.05) is 51.1 Å². The topological polar surface area (TPSA) is 104 Å². The standard InChI is InChI=1S/C22H35N3O4/c1-16(25(29)15-26)22(20(23)28,14-10-13-17-11-8-7-9-12-17)18(21(2,3)4)19(27)24(5)6/h7-9,11-12,15-16,18,29H,10,13-14H2,1-6H3,(H2,23,28)/t16-,18+,22?/m1/s1. The van der Waals surface area contributed by atoms with Gasteiger partial charge in [-0.25, -0.2) is 5.06 Å². The highest BCUT2D eigenvalue weighted by atomic mass is 16.5. The van der Waals surface area contributed by atoms with E-state index in [1.807, 2.05) is 51.1 Å². The van der Waals surface area contributed by atoms with Crippen molar-refractivity contribution in [3.8, 4) is 0 Å². The molecule has 0 bridgehead atoms. The first-order valence-corrected chi connectivity index (χ1v) is 9.87. The molecule has 3 N–H and O–H groups in total. The molecule has 29 heavy (non-hydrogen) atoms. The van der Waals surface area contributed by atoms with Crippen LogP contribution in [-0.2, 0) is 20.8 Å². The Morgan fingerprint density at radius 2 is 1.72 bits per heavy atom. The number of carbonyl (C=O) groups excluding carboxylic acids is 3. The number of aryl methyl sites for hydroxylation is 1. The molecule has 3 amide bonds. The zero-order chi connectivity index (χ0) is 22.4. The number of amides is 3. The molecule has 0 aliphatic heterocycles. The molecule has 0 saturated carbocycles. The van der Waals surface area contributed by atoms with Crippen molar-refractivity contribution in [2.24, 2.45) is 22.5 Å². The summed E-state index contributed by atoms with van der Waals surface area (Å²) in [7, 11) is 3.25. The molecule has 7 heteroatoms. The van der Waals surface area contributed by atoms with Crippen LogP contribution in [0.15, 0.2) is 30.3 Å². The first kappa shape index (κ1) is 24.6. The molecule has 1 rings (SSSR count). The fourth-order valence-electron chi connectivity index (χ4n) is 4.24. The molecule has 1 unspecified atom stereocenters. The van der Waals surface area contributed by atoms with E-state index in [-0.39, 0.29) is 18.7 Å². The molecule has 162 valence electrons. The van der Waals surface area contributed by atoms with E-state index in [2.05, 4.69) is 0 Å². The molecule has 0 radical (unpaired) electrons. The molecule has 0 saturated heterocycles. The Bertz CT molecular complexity index is 700. The van der Waals surface area contributed by atoms with Gasteiger partial charge in [-0.15, -0.1) is 0 Å². The summed E-state index contributed by atoms with van der Waals surface area (Å²) in [6.45, 7) is 7.15. The monoisotopic (exact) mass is 405 g/mol. The normalized spacial score (nSPS) is 15.7. The Balaban J connectivity index is 3.48. The molecule has 3 atom stereocenters. The van der Waals surface area contributed by atoms with Gasteiger partial charge >= 0.3 is 0 Å². The van der Waals surface area contributed by atoms with Gasteiger partial charge in [-0.3, -0.25) is 19.6 Å². The number of benzene rings is 1. The van der Waals surface area contributed by atoms with Crippen molar-refractivity contribution in [2.45, 2.75) is 53.0 Å². The maximum absolute atomic E-state index is 13.2. The molecule has 1 aromatic carbocycles. The van der Waals surface area contributed by atoms with Crippen LogP contribution in [0.25, 0.3) is 0 Å². The lowest BCUT2D eigenvalue weighted by Gasteiger charge is -2.49. The van der Waals surface area contributed by atoms with Gasteiger partial charge in [0.05, 0.1) is 17.4 Å². The van der Waals surface area contributed by atoms with Crippen LogP contribution in [0.2, 0.25) is 0 Å². The smallest absolute Gasteiger partial charge is 0.233 e. The second-order valence-corrected chi connectivity index (χ2v) is 8.94. The Morgan fingerprint density at radius 1 is 1.17 bits per heavy atom. The summed E-state index contributed by atoms with van der Waals surface area (Å²) in [5, 5.41) is 10.6. The summed E-state index contributed by atoms with van der Waals surface area (Å²) in [4.78, 5) is 38.9. The number of rotatable bonds is 10. The van der Waals surface area contributed by atoms with Gasteiger partial charge in [-0.2, -0.15) is 0 Å². The van der Waals surface area contributed by atoms with Crippen LogP contribution < -0.4 is 5.73 Å². The van der Waals surface area contributed by atoms with Crippen LogP contribution in [-0.4, -0.2) is 53.5 Å². The molecule has 0 fully saturated rings. The van der Waals surface area contributed by atoms with Crippen molar-refractivity contribution in [1.29, 1.82) is 0 Å². The second-order valence-electron chi connectivity index (χ2n) is 8.94. The minimum atomic E-state index is -1.44. The van der Waals surface area contributed by atoms with E-state index in [0.29, 0.717) is 17.9 Å². The average molecular weight is 406 g/mol. The molecule has 0 heterocycles. The van der Waals surface area contributed by atoms with Crippen LogP contribution in [0.5, 0.6) is 0 Å². The fraction of sp³-hybridized carbons (Fsp3) is 0.591. The number of carbonyl (C=O) groups is 3. The Morgan fingerprint density at radius 3 is 2.14 bits per heavy atom. The lowest BCUT2D eigenvalue weighted by atomic mass is 9.57. The molecular weight excluding hydrogens is 370 g/mol. The van der Waals surface area contributed by atoms with Crippen molar-refractivity contribution in [1.82, 2.24) is 9.96 Å². The Hall–Kier alpha value is -2.41. The molecule has 7 nitrogen and oxygen atoms in total. The number of nitrogens with two attached hydrogens (primary N) is 1. The van der Waals surface area contributed by atoms with Crippen molar-refractivity contribution in [3.05, 3.63) is 35.9 Å². The molecule has 0 spiro atoms. The van der Waals surface area contributed by atoms with Gasteiger partial charge in [0.2, 0.25) is 18.2 Å². The summed E-state index contributed by atoms with van der Waals surface area (Å²) in [5.41, 5.74) is 4.94. The zero-order valence-corrected chi connectivity index (χ0v) is 18.4. The highest BCUT2D eigenvalue weighted by Gasteiger charge is 2.57. The summed E-state index contributed by atoms with van der Waals surface area (Å²) in [6.07, 6.45) is 1.75.